The topological polar surface area (TPSA) is 69.2 Å². The zero-order valence-electron chi connectivity index (χ0n) is 15.7. The van der Waals surface area contributed by atoms with Gasteiger partial charge in [0.25, 0.3) is 0 Å². The van der Waals surface area contributed by atoms with Crippen LogP contribution in [0.5, 0.6) is 0 Å². The molecule has 2 aromatic carbocycles. The number of aromatic nitrogens is 2. The van der Waals surface area contributed by atoms with Crippen molar-refractivity contribution < 1.29 is 14.3 Å². The van der Waals surface area contributed by atoms with Gasteiger partial charge in [-0.3, -0.25) is 4.79 Å². The number of benzene rings is 2. The van der Waals surface area contributed by atoms with Gasteiger partial charge in [0.1, 0.15) is 22.1 Å². The lowest BCUT2D eigenvalue weighted by Crippen LogP contribution is -2.12. The summed E-state index contributed by atoms with van der Waals surface area (Å²) < 4.78 is 5.32. The molecule has 28 heavy (non-hydrogen) atoms. The average molecular weight is 392 g/mol. The van der Waals surface area contributed by atoms with Crippen LogP contribution in [0.4, 0.5) is 0 Å². The lowest BCUT2D eigenvalue weighted by atomic mass is 9.96. The van der Waals surface area contributed by atoms with Gasteiger partial charge in [0.15, 0.2) is 0 Å². The molecule has 0 spiro atoms. The van der Waals surface area contributed by atoms with Crippen molar-refractivity contribution in [3.8, 4) is 22.4 Å². The van der Waals surface area contributed by atoms with Crippen LogP contribution in [-0.4, -0.2) is 34.3 Å². The van der Waals surface area contributed by atoms with E-state index in [4.69, 9.17) is 4.74 Å². The zero-order chi connectivity index (χ0) is 19.9. The number of carbonyl (C=O) groups excluding carboxylic acids is 2. The van der Waals surface area contributed by atoms with Crippen molar-refractivity contribution in [1.29, 1.82) is 0 Å². The highest BCUT2D eigenvalue weighted by Gasteiger charge is 2.25. The van der Waals surface area contributed by atoms with E-state index in [0.717, 1.165) is 11.1 Å². The summed E-state index contributed by atoms with van der Waals surface area (Å²) in [6.45, 7) is 3.50. The van der Waals surface area contributed by atoms with E-state index in [2.05, 4.69) is 10.2 Å². The molecule has 1 aromatic heterocycles. The van der Waals surface area contributed by atoms with Crippen molar-refractivity contribution in [2.24, 2.45) is 0 Å². The van der Waals surface area contributed by atoms with E-state index in [1.807, 2.05) is 60.7 Å². The van der Waals surface area contributed by atoms with Crippen molar-refractivity contribution in [2.75, 3.05) is 12.4 Å². The maximum atomic E-state index is 12.9. The second kappa shape index (κ2) is 9.28. The highest BCUT2D eigenvalue weighted by atomic mass is 32.2. The first-order chi connectivity index (χ1) is 13.6. The lowest BCUT2D eigenvalue weighted by Gasteiger charge is -2.16. The van der Waals surface area contributed by atoms with Crippen LogP contribution < -0.4 is 0 Å². The van der Waals surface area contributed by atoms with Gasteiger partial charge in [0.2, 0.25) is 0 Å². The Labute approximate surface area is 168 Å². The van der Waals surface area contributed by atoms with Crippen molar-refractivity contribution in [3.63, 3.8) is 0 Å². The molecule has 1 heterocycles. The third-order valence-electron chi connectivity index (χ3n) is 3.94. The van der Waals surface area contributed by atoms with Crippen LogP contribution >= 0.6 is 11.8 Å². The Morgan fingerprint density at radius 2 is 1.54 bits per heavy atom. The zero-order valence-corrected chi connectivity index (χ0v) is 16.5. The highest BCUT2D eigenvalue weighted by molar-refractivity contribution is 8.00. The van der Waals surface area contributed by atoms with E-state index in [0.29, 0.717) is 21.8 Å². The van der Waals surface area contributed by atoms with Gasteiger partial charge in [0.05, 0.1) is 12.4 Å². The van der Waals surface area contributed by atoms with Crippen LogP contribution in [0.2, 0.25) is 0 Å². The summed E-state index contributed by atoms with van der Waals surface area (Å²) in [4.78, 5) is 24.4. The predicted molar refractivity (Wildman–Crippen MR) is 110 cm³/mol. The van der Waals surface area contributed by atoms with Gasteiger partial charge in [-0.1, -0.05) is 72.4 Å². The molecule has 0 atom stereocenters. The summed E-state index contributed by atoms with van der Waals surface area (Å²) in [5, 5.41) is 9.09. The molecule has 0 aliphatic carbocycles. The minimum Gasteiger partial charge on any atom is -0.462 e. The number of ether oxygens (including phenoxy) is 1. The Hall–Kier alpha value is -2.99. The largest absolute Gasteiger partial charge is 0.462 e. The Morgan fingerprint density at radius 3 is 2.11 bits per heavy atom. The van der Waals surface area contributed by atoms with Crippen LogP contribution in [0, 0.1) is 0 Å². The fourth-order valence-electron chi connectivity index (χ4n) is 2.77. The highest BCUT2D eigenvalue weighted by Crippen LogP contribution is 2.37. The number of hydrogen-bond donors (Lipinski definition) is 0. The molecular weight excluding hydrogens is 372 g/mol. The molecule has 0 N–H and O–H groups in total. The SMILES string of the molecule is CCOC(=O)c1c(SCC(C)=O)nnc(-c2ccccc2)c1-c1ccccc1. The summed E-state index contributed by atoms with van der Waals surface area (Å²) in [5.74, 6) is -0.269. The summed E-state index contributed by atoms with van der Waals surface area (Å²) in [6, 6.07) is 19.2. The normalized spacial score (nSPS) is 10.5. The molecule has 3 aromatic rings. The Bertz CT molecular complexity index is 976. The maximum Gasteiger partial charge on any atom is 0.341 e. The molecule has 6 heteroatoms. The summed E-state index contributed by atoms with van der Waals surface area (Å²) in [7, 11) is 0. The minimum atomic E-state index is -0.473. The minimum absolute atomic E-state index is 0.00462. The Morgan fingerprint density at radius 1 is 0.929 bits per heavy atom. The molecule has 0 unspecified atom stereocenters. The third-order valence-corrected chi connectivity index (χ3v) is 5.05. The van der Waals surface area contributed by atoms with E-state index in [9.17, 15) is 9.59 Å². The summed E-state index contributed by atoms with van der Waals surface area (Å²) in [5.41, 5.74) is 3.29. The number of thioether (sulfide) groups is 1. The van der Waals surface area contributed by atoms with Gasteiger partial charge in [0, 0.05) is 11.1 Å². The molecule has 0 amide bonds. The molecule has 0 radical (unpaired) electrons. The van der Waals surface area contributed by atoms with Gasteiger partial charge in [-0.2, -0.15) is 0 Å². The number of hydrogen-bond acceptors (Lipinski definition) is 6. The van der Waals surface area contributed by atoms with Crippen molar-refractivity contribution in [1.82, 2.24) is 10.2 Å². The molecule has 0 saturated heterocycles. The van der Waals surface area contributed by atoms with Crippen LogP contribution in [0.25, 0.3) is 22.4 Å². The van der Waals surface area contributed by atoms with Gasteiger partial charge >= 0.3 is 5.97 Å². The number of Topliss-reactive ketones (excluding diaryl/α,β-unsaturated/α-hetero) is 1. The van der Waals surface area contributed by atoms with Crippen molar-refractivity contribution in [3.05, 3.63) is 66.2 Å². The van der Waals surface area contributed by atoms with Crippen LogP contribution in [-0.2, 0) is 9.53 Å². The Balaban J connectivity index is 2.28. The van der Waals surface area contributed by atoms with Gasteiger partial charge in [-0.25, -0.2) is 4.79 Å². The first-order valence-corrected chi connectivity index (χ1v) is 9.91. The monoisotopic (exact) mass is 392 g/mol. The smallest absolute Gasteiger partial charge is 0.341 e. The first-order valence-electron chi connectivity index (χ1n) is 8.92. The molecule has 5 nitrogen and oxygen atoms in total. The van der Waals surface area contributed by atoms with Gasteiger partial charge < -0.3 is 4.74 Å². The standard InChI is InChI=1S/C22H20N2O3S/c1-3-27-22(26)19-18(16-10-6-4-7-11-16)20(17-12-8-5-9-13-17)23-24-21(19)28-14-15(2)25/h4-13H,3,14H2,1-2H3. The number of nitrogens with zero attached hydrogens (tertiary/aromatic N) is 2. The van der Waals surface area contributed by atoms with Crippen LogP contribution in [0.15, 0.2) is 65.7 Å². The summed E-state index contributed by atoms with van der Waals surface area (Å²) >= 11 is 1.20. The maximum absolute atomic E-state index is 12.9. The summed E-state index contributed by atoms with van der Waals surface area (Å²) in [6.07, 6.45) is 0. The first kappa shape index (κ1) is 19.8. The lowest BCUT2D eigenvalue weighted by molar-refractivity contribution is -0.114. The van der Waals surface area contributed by atoms with E-state index in [-0.39, 0.29) is 18.1 Å². The molecule has 0 saturated carbocycles. The van der Waals surface area contributed by atoms with Gasteiger partial charge in [-0.15, -0.1) is 10.2 Å². The second-order valence-electron chi connectivity index (χ2n) is 6.05. The van der Waals surface area contributed by atoms with E-state index in [1.165, 1.54) is 18.7 Å². The molecule has 142 valence electrons. The quantitative estimate of drug-likeness (QED) is 0.430. The van der Waals surface area contributed by atoms with E-state index >= 15 is 0 Å². The number of ketones is 1. The molecular formula is C22H20N2O3S. The van der Waals surface area contributed by atoms with Gasteiger partial charge in [-0.05, 0) is 19.4 Å². The number of esters is 1. The van der Waals surface area contributed by atoms with E-state index < -0.39 is 5.97 Å². The fourth-order valence-corrected chi connectivity index (χ4v) is 3.54. The third kappa shape index (κ3) is 4.46. The fraction of sp³-hybridized carbons (Fsp3) is 0.182. The molecule has 0 bridgehead atoms. The van der Waals surface area contributed by atoms with Crippen molar-refractivity contribution in [2.45, 2.75) is 18.9 Å². The number of carbonyl (C=O) groups is 2. The molecule has 0 aliphatic heterocycles. The van der Waals surface area contributed by atoms with Crippen LogP contribution in [0.1, 0.15) is 24.2 Å². The second-order valence-corrected chi connectivity index (χ2v) is 7.01. The molecule has 0 aliphatic rings. The van der Waals surface area contributed by atoms with Crippen molar-refractivity contribution >= 4 is 23.5 Å². The average Bonchev–Trinajstić information content (AvgIpc) is 2.73. The molecule has 0 fully saturated rings. The van der Waals surface area contributed by atoms with E-state index in [1.54, 1.807) is 6.92 Å². The Kier molecular flexibility index (Phi) is 6.55. The van der Waals surface area contributed by atoms with Crippen LogP contribution in [0.3, 0.4) is 0 Å². The predicted octanol–water partition coefficient (Wildman–Crippen LogP) is 4.67. The number of rotatable bonds is 7. The molecule has 3 rings (SSSR count).